The standard InChI is InChI=1S/C19H32NOP/c1-17(2,3)22(21,18(4,5)6)20-16-12-10-9-11-15(16)13-14-19(20,7)8/h9-12H,13-14H2,1-8H3. The Labute approximate surface area is 136 Å². The van der Waals surface area contributed by atoms with Crippen LogP contribution in [0, 0.1) is 0 Å². The lowest BCUT2D eigenvalue weighted by molar-refractivity contribution is 0.429. The number of hydrogen-bond donors (Lipinski definition) is 0. The molecule has 0 N–H and O–H groups in total. The van der Waals surface area contributed by atoms with Crippen LogP contribution in [0.5, 0.6) is 0 Å². The van der Waals surface area contributed by atoms with E-state index in [1.54, 1.807) is 0 Å². The van der Waals surface area contributed by atoms with E-state index in [1.807, 2.05) is 0 Å². The summed E-state index contributed by atoms with van der Waals surface area (Å²) in [4.78, 5) is 0. The van der Waals surface area contributed by atoms with Crippen molar-refractivity contribution in [2.75, 3.05) is 4.67 Å². The lowest BCUT2D eigenvalue weighted by Gasteiger charge is -2.56. The maximum atomic E-state index is 14.5. The molecule has 1 heterocycles. The van der Waals surface area contributed by atoms with E-state index in [0.29, 0.717) is 0 Å². The smallest absolute Gasteiger partial charge is 0.183 e. The van der Waals surface area contributed by atoms with Crippen LogP contribution in [0.4, 0.5) is 5.69 Å². The summed E-state index contributed by atoms with van der Waals surface area (Å²) in [6.07, 6.45) is 2.11. The van der Waals surface area contributed by atoms with Crippen LogP contribution in [-0.2, 0) is 11.0 Å². The predicted octanol–water partition coefficient (Wildman–Crippen LogP) is 6.09. The zero-order valence-corrected chi connectivity index (χ0v) is 16.4. The van der Waals surface area contributed by atoms with Gasteiger partial charge >= 0.3 is 0 Å². The predicted molar refractivity (Wildman–Crippen MR) is 98.4 cm³/mol. The summed E-state index contributed by atoms with van der Waals surface area (Å²) in [5.74, 6) is 0. The fourth-order valence-corrected chi connectivity index (χ4v) is 8.51. The molecular formula is C19H32NOP. The van der Waals surface area contributed by atoms with Crippen molar-refractivity contribution in [2.24, 2.45) is 0 Å². The van der Waals surface area contributed by atoms with Gasteiger partial charge in [0.15, 0.2) is 7.29 Å². The molecule has 0 bridgehead atoms. The number of aryl methyl sites for hydroxylation is 1. The molecule has 1 aliphatic rings. The van der Waals surface area contributed by atoms with Crippen LogP contribution in [-0.4, -0.2) is 15.9 Å². The second-order valence-corrected chi connectivity index (χ2v) is 13.4. The van der Waals surface area contributed by atoms with Gasteiger partial charge in [0.2, 0.25) is 0 Å². The van der Waals surface area contributed by atoms with Gasteiger partial charge in [0.1, 0.15) is 0 Å². The Hall–Kier alpha value is -0.750. The van der Waals surface area contributed by atoms with Crippen molar-refractivity contribution in [2.45, 2.75) is 84.1 Å². The van der Waals surface area contributed by atoms with Gasteiger partial charge in [0.25, 0.3) is 0 Å². The van der Waals surface area contributed by atoms with Crippen molar-refractivity contribution >= 4 is 13.0 Å². The highest BCUT2D eigenvalue weighted by molar-refractivity contribution is 7.68. The van der Waals surface area contributed by atoms with Crippen LogP contribution >= 0.6 is 7.29 Å². The van der Waals surface area contributed by atoms with Crippen molar-refractivity contribution in [1.29, 1.82) is 0 Å². The van der Waals surface area contributed by atoms with E-state index in [0.717, 1.165) is 12.8 Å². The first kappa shape index (κ1) is 17.6. The minimum Gasteiger partial charge on any atom is -0.316 e. The molecule has 22 heavy (non-hydrogen) atoms. The molecule has 2 rings (SSSR count). The second-order valence-electron chi connectivity index (χ2n) is 9.17. The van der Waals surface area contributed by atoms with Gasteiger partial charge in [-0.15, -0.1) is 0 Å². The highest BCUT2D eigenvalue weighted by atomic mass is 31.2. The van der Waals surface area contributed by atoms with Gasteiger partial charge in [-0.2, -0.15) is 0 Å². The topological polar surface area (TPSA) is 20.3 Å². The van der Waals surface area contributed by atoms with E-state index >= 15 is 0 Å². The molecule has 0 unspecified atom stereocenters. The first-order valence-corrected chi connectivity index (χ1v) is 9.97. The van der Waals surface area contributed by atoms with Crippen molar-refractivity contribution in [3.05, 3.63) is 29.8 Å². The molecule has 2 nitrogen and oxygen atoms in total. The van der Waals surface area contributed by atoms with E-state index < -0.39 is 7.29 Å². The molecule has 3 heteroatoms. The van der Waals surface area contributed by atoms with Gasteiger partial charge in [-0.25, -0.2) is 0 Å². The summed E-state index contributed by atoms with van der Waals surface area (Å²) in [6.45, 7) is 17.3. The van der Waals surface area contributed by atoms with Gasteiger partial charge in [-0.3, -0.25) is 4.57 Å². The Morgan fingerprint density at radius 1 is 1.00 bits per heavy atom. The van der Waals surface area contributed by atoms with Crippen molar-refractivity contribution in [3.8, 4) is 0 Å². The molecule has 0 saturated heterocycles. The molecule has 0 aromatic heterocycles. The van der Waals surface area contributed by atoms with Gasteiger partial charge in [0, 0.05) is 21.5 Å². The molecular weight excluding hydrogens is 289 g/mol. The molecule has 1 aromatic rings. The monoisotopic (exact) mass is 321 g/mol. The number of benzene rings is 1. The van der Waals surface area contributed by atoms with Gasteiger partial charge < -0.3 is 4.67 Å². The molecule has 0 fully saturated rings. The average molecular weight is 321 g/mol. The maximum absolute atomic E-state index is 14.5. The lowest BCUT2D eigenvalue weighted by atomic mass is 9.89. The minimum atomic E-state index is -2.68. The van der Waals surface area contributed by atoms with Gasteiger partial charge in [-0.1, -0.05) is 59.7 Å². The number of anilines is 1. The quantitative estimate of drug-likeness (QED) is 0.583. The first-order valence-electron chi connectivity index (χ1n) is 8.31. The normalized spacial score (nSPS) is 19.0. The molecule has 0 atom stereocenters. The van der Waals surface area contributed by atoms with Crippen LogP contribution in [0.1, 0.15) is 67.4 Å². The third kappa shape index (κ3) is 2.54. The van der Waals surface area contributed by atoms with Crippen LogP contribution in [0.3, 0.4) is 0 Å². The van der Waals surface area contributed by atoms with E-state index in [9.17, 15) is 4.57 Å². The summed E-state index contributed by atoms with van der Waals surface area (Å²) >= 11 is 0. The summed E-state index contributed by atoms with van der Waals surface area (Å²) in [7, 11) is -2.68. The van der Waals surface area contributed by atoms with Crippen LogP contribution in [0.2, 0.25) is 0 Å². The molecule has 0 radical (unpaired) electrons. The highest BCUT2D eigenvalue weighted by Gasteiger charge is 2.55. The second kappa shape index (κ2) is 5.13. The zero-order valence-electron chi connectivity index (χ0n) is 15.5. The number of hydrogen-bond acceptors (Lipinski definition) is 1. The Balaban J connectivity index is 2.78. The van der Waals surface area contributed by atoms with Crippen molar-refractivity contribution < 1.29 is 4.57 Å². The van der Waals surface area contributed by atoms with E-state index in [1.165, 1.54) is 11.3 Å². The molecule has 0 spiro atoms. The summed E-state index contributed by atoms with van der Waals surface area (Å²) in [6, 6.07) is 8.50. The molecule has 0 amide bonds. The Kier molecular flexibility index (Phi) is 4.10. The first-order chi connectivity index (χ1) is 9.82. The van der Waals surface area contributed by atoms with Crippen LogP contribution in [0.15, 0.2) is 24.3 Å². The molecule has 0 saturated carbocycles. The van der Waals surface area contributed by atoms with E-state index in [-0.39, 0.29) is 15.9 Å². The van der Waals surface area contributed by atoms with Crippen molar-refractivity contribution in [3.63, 3.8) is 0 Å². The lowest BCUT2D eigenvalue weighted by Crippen LogP contribution is -2.52. The zero-order chi connectivity index (χ0) is 17.0. The Bertz CT molecular complexity index is 587. The van der Waals surface area contributed by atoms with E-state index in [4.69, 9.17) is 0 Å². The van der Waals surface area contributed by atoms with Gasteiger partial charge in [-0.05, 0) is 38.3 Å². The number of fused-ring (bicyclic) bond motifs is 1. The highest BCUT2D eigenvalue weighted by Crippen LogP contribution is 2.72. The van der Waals surface area contributed by atoms with Gasteiger partial charge in [0.05, 0.1) is 0 Å². The number of rotatable bonds is 1. The van der Waals surface area contributed by atoms with Crippen molar-refractivity contribution in [1.82, 2.24) is 0 Å². The number of nitrogens with zero attached hydrogens (tertiary/aromatic N) is 1. The minimum absolute atomic E-state index is 0.0928. The maximum Gasteiger partial charge on any atom is 0.183 e. The number of para-hydroxylation sites is 1. The summed E-state index contributed by atoms with van der Waals surface area (Å²) in [5, 5.41) is -0.542. The third-order valence-electron chi connectivity index (χ3n) is 4.90. The Morgan fingerprint density at radius 3 is 2.00 bits per heavy atom. The fourth-order valence-electron chi connectivity index (χ4n) is 3.94. The average Bonchev–Trinajstić information content (AvgIpc) is 2.34. The molecule has 124 valence electrons. The van der Waals surface area contributed by atoms with E-state index in [2.05, 4.69) is 84.3 Å². The largest absolute Gasteiger partial charge is 0.316 e. The molecule has 0 aliphatic carbocycles. The third-order valence-corrected chi connectivity index (χ3v) is 9.86. The fraction of sp³-hybridized carbons (Fsp3) is 0.684. The van der Waals surface area contributed by atoms with Crippen LogP contribution < -0.4 is 4.67 Å². The summed E-state index contributed by atoms with van der Waals surface area (Å²) < 4.78 is 16.8. The Morgan fingerprint density at radius 2 is 1.50 bits per heavy atom. The van der Waals surface area contributed by atoms with Crippen LogP contribution in [0.25, 0.3) is 0 Å². The summed E-state index contributed by atoms with van der Waals surface area (Å²) in [5.41, 5.74) is 2.41. The molecule has 1 aliphatic heterocycles. The SMILES string of the molecule is CC1(C)CCc2ccccc2N1P(=O)(C(C)(C)C)C(C)(C)C. The molecule has 1 aromatic carbocycles.